The number of benzene rings is 1. The lowest BCUT2D eigenvalue weighted by Crippen LogP contribution is -2.16. The minimum absolute atomic E-state index is 0.286. The molecule has 92 valence electrons. The molecule has 0 radical (unpaired) electrons. The minimum Gasteiger partial charge on any atom is -0.319 e. The van der Waals surface area contributed by atoms with E-state index in [-0.39, 0.29) is 5.91 Å². The van der Waals surface area contributed by atoms with Crippen LogP contribution in [0.5, 0.6) is 0 Å². The maximum absolute atomic E-state index is 12.1. The molecule has 2 rings (SSSR count). The van der Waals surface area contributed by atoms with Crippen LogP contribution in [0.3, 0.4) is 0 Å². The third kappa shape index (κ3) is 2.49. The van der Waals surface area contributed by atoms with Crippen molar-refractivity contribution in [2.24, 2.45) is 0 Å². The highest BCUT2D eigenvalue weighted by Gasteiger charge is 2.13. The number of para-hydroxylation sites is 1. The summed E-state index contributed by atoms with van der Waals surface area (Å²) in [5.41, 5.74) is 2.48. The summed E-state index contributed by atoms with van der Waals surface area (Å²) in [5, 5.41) is 3.23. The normalized spacial score (nSPS) is 10.2. The van der Waals surface area contributed by atoms with Crippen molar-refractivity contribution in [3.05, 3.63) is 52.6 Å². The fourth-order valence-corrected chi connectivity index (χ4v) is 1.69. The molecule has 0 aliphatic heterocycles. The van der Waals surface area contributed by atoms with Crippen LogP contribution in [-0.4, -0.2) is 15.9 Å². The van der Waals surface area contributed by atoms with E-state index in [9.17, 15) is 4.79 Å². The van der Waals surface area contributed by atoms with E-state index in [0.29, 0.717) is 16.4 Å². The zero-order valence-electron chi connectivity index (χ0n) is 10.1. The van der Waals surface area contributed by atoms with Gasteiger partial charge in [-0.25, -0.2) is 9.97 Å². The van der Waals surface area contributed by atoms with E-state index in [0.717, 1.165) is 11.3 Å². The van der Waals surface area contributed by atoms with Gasteiger partial charge in [-0.05, 0) is 26.0 Å². The largest absolute Gasteiger partial charge is 0.319 e. The molecule has 18 heavy (non-hydrogen) atoms. The molecule has 0 aliphatic carbocycles. The quantitative estimate of drug-likeness (QED) is 0.904. The molecule has 5 heteroatoms. The van der Waals surface area contributed by atoms with Gasteiger partial charge in [0.2, 0.25) is 0 Å². The lowest BCUT2D eigenvalue weighted by molar-refractivity contribution is 0.102. The van der Waals surface area contributed by atoms with E-state index in [2.05, 4.69) is 15.3 Å². The Bertz CT molecular complexity index is 599. The fraction of sp³-hybridized carbons (Fsp3) is 0.154. The van der Waals surface area contributed by atoms with Gasteiger partial charge >= 0.3 is 0 Å². The molecule has 4 nitrogen and oxygen atoms in total. The van der Waals surface area contributed by atoms with Crippen LogP contribution in [0.4, 0.5) is 5.69 Å². The van der Waals surface area contributed by atoms with Crippen molar-refractivity contribution in [2.75, 3.05) is 5.32 Å². The molecule has 1 aromatic heterocycles. The molecule has 1 N–H and O–H groups in total. The van der Waals surface area contributed by atoms with Crippen molar-refractivity contribution >= 4 is 23.2 Å². The average molecular weight is 262 g/mol. The minimum atomic E-state index is -0.286. The summed E-state index contributed by atoms with van der Waals surface area (Å²) in [5.74, 6) is -0.286. The summed E-state index contributed by atoms with van der Waals surface area (Å²) in [6, 6.07) is 7.07. The van der Waals surface area contributed by atoms with Crippen molar-refractivity contribution in [1.82, 2.24) is 9.97 Å². The van der Waals surface area contributed by atoms with Crippen LogP contribution >= 0.6 is 11.6 Å². The number of aromatic nitrogens is 2. The Morgan fingerprint density at radius 3 is 2.67 bits per heavy atom. The van der Waals surface area contributed by atoms with Crippen LogP contribution in [0.25, 0.3) is 0 Å². The molecule has 0 saturated heterocycles. The van der Waals surface area contributed by atoms with Crippen molar-refractivity contribution in [1.29, 1.82) is 0 Å². The molecule has 0 fully saturated rings. The second-order valence-electron chi connectivity index (χ2n) is 3.87. The SMILES string of the molecule is Cc1ncnc(C(=O)Nc2ccccc2Cl)c1C. The zero-order chi connectivity index (χ0) is 13.1. The van der Waals surface area contributed by atoms with Gasteiger partial charge in [0.05, 0.1) is 10.7 Å². The van der Waals surface area contributed by atoms with Crippen LogP contribution in [0.1, 0.15) is 21.7 Å². The number of nitrogens with one attached hydrogen (secondary N) is 1. The molecule has 1 heterocycles. The lowest BCUT2D eigenvalue weighted by atomic mass is 10.2. The smallest absolute Gasteiger partial charge is 0.274 e. The molecule has 0 atom stereocenters. The number of carbonyl (C=O) groups excluding carboxylic acids is 1. The Labute approximate surface area is 110 Å². The summed E-state index contributed by atoms with van der Waals surface area (Å²) in [7, 11) is 0. The van der Waals surface area contributed by atoms with Crippen molar-refractivity contribution in [2.45, 2.75) is 13.8 Å². The van der Waals surface area contributed by atoms with Gasteiger partial charge in [-0.1, -0.05) is 23.7 Å². The number of carbonyl (C=O) groups is 1. The number of amides is 1. The molecule has 0 spiro atoms. The van der Waals surface area contributed by atoms with E-state index in [1.165, 1.54) is 6.33 Å². The highest BCUT2D eigenvalue weighted by atomic mass is 35.5. The van der Waals surface area contributed by atoms with Gasteiger partial charge in [0.25, 0.3) is 5.91 Å². The van der Waals surface area contributed by atoms with Gasteiger partial charge in [-0.2, -0.15) is 0 Å². The molecule has 0 bridgehead atoms. The summed E-state index contributed by atoms with van der Waals surface area (Å²) in [4.78, 5) is 20.1. The molecule has 2 aromatic rings. The van der Waals surface area contributed by atoms with Crippen molar-refractivity contribution in [3.63, 3.8) is 0 Å². The first-order valence-corrected chi connectivity index (χ1v) is 5.81. The van der Waals surface area contributed by atoms with E-state index in [4.69, 9.17) is 11.6 Å². The average Bonchev–Trinajstić information content (AvgIpc) is 2.35. The Hall–Kier alpha value is -1.94. The molecular weight excluding hydrogens is 250 g/mol. The van der Waals surface area contributed by atoms with Gasteiger partial charge in [-0.3, -0.25) is 4.79 Å². The van der Waals surface area contributed by atoms with E-state index >= 15 is 0 Å². The maximum Gasteiger partial charge on any atom is 0.274 e. The van der Waals surface area contributed by atoms with Gasteiger partial charge in [0.15, 0.2) is 0 Å². The summed E-state index contributed by atoms with van der Waals surface area (Å²) in [6.07, 6.45) is 1.38. The van der Waals surface area contributed by atoms with Crippen LogP contribution in [-0.2, 0) is 0 Å². The number of hydrogen-bond donors (Lipinski definition) is 1. The number of hydrogen-bond acceptors (Lipinski definition) is 3. The lowest BCUT2D eigenvalue weighted by Gasteiger charge is -2.08. The summed E-state index contributed by atoms with van der Waals surface area (Å²) >= 11 is 5.98. The van der Waals surface area contributed by atoms with Gasteiger partial charge in [0, 0.05) is 11.3 Å². The van der Waals surface area contributed by atoms with Gasteiger partial charge < -0.3 is 5.32 Å². The van der Waals surface area contributed by atoms with Crippen LogP contribution in [0.2, 0.25) is 5.02 Å². The molecular formula is C13H12ClN3O. The number of anilines is 1. The molecule has 0 saturated carbocycles. The number of halogens is 1. The van der Waals surface area contributed by atoms with E-state index < -0.39 is 0 Å². The number of aryl methyl sites for hydroxylation is 1. The monoisotopic (exact) mass is 261 g/mol. The molecule has 1 aromatic carbocycles. The summed E-state index contributed by atoms with van der Waals surface area (Å²) in [6.45, 7) is 3.65. The van der Waals surface area contributed by atoms with Crippen molar-refractivity contribution in [3.8, 4) is 0 Å². The standard InChI is InChI=1S/C13H12ClN3O/c1-8-9(2)15-7-16-12(8)13(18)17-11-6-4-3-5-10(11)14/h3-7H,1-2H3,(H,17,18). The first-order chi connectivity index (χ1) is 8.59. The highest BCUT2D eigenvalue weighted by molar-refractivity contribution is 6.33. The number of rotatable bonds is 2. The Kier molecular flexibility index (Phi) is 3.58. The van der Waals surface area contributed by atoms with Crippen LogP contribution in [0, 0.1) is 13.8 Å². The Balaban J connectivity index is 2.28. The first-order valence-electron chi connectivity index (χ1n) is 5.43. The molecule has 1 amide bonds. The number of nitrogens with zero attached hydrogens (tertiary/aromatic N) is 2. The third-order valence-electron chi connectivity index (χ3n) is 2.67. The third-order valence-corrected chi connectivity index (χ3v) is 3.00. The maximum atomic E-state index is 12.1. The first kappa shape index (κ1) is 12.5. The molecule has 0 aliphatic rings. The zero-order valence-corrected chi connectivity index (χ0v) is 10.8. The van der Waals surface area contributed by atoms with Crippen LogP contribution in [0.15, 0.2) is 30.6 Å². The highest BCUT2D eigenvalue weighted by Crippen LogP contribution is 2.21. The second kappa shape index (κ2) is 5.14. The van der Waals surface area contributed by atoms with Gasteiger partial charge in [0.1, 0.15) is 12.0 Å². The predicted octanol–water partition coefficient (Wildman–Crippen LogP) is 3.00. The molecule has 0 unspecified atom stereocenters. The fourth-order valence-electron chi connectivity index (χ4n) is 1.51. The van der Waals surface area contributed by atoms with E-state index in [1.54, 1.807) is 24.3 Å². The van der Waals surface area contributed by atoms with Gasteiger partial charge in [-0.15, -0.1) is 0 Å². The predicted molar refractivity (Wildman–Crippen MR) is 70.9 cm³/mol. The Morgan fingerprint density at radius 2 is 1.94 bits per heavy atom. The second-order valence-corrected chi connectivity index (χ2v) is 4.27. The summed E-state index contributed by atoms with van der Waals surface area (Å²) < 4.78 is 0. The Morgan fingerprint density at radius 1 is 1.22 bits per heavy atom. The van der Waals surface area contributed by atoms with Crippen molar-refractivity contribution < 1.29 is 4.79 Å². The van der Waals surface area contributed by atoms with Crippen LogP contribution < -0.4 is 5.32 Å². The van der Waals surface area contributed by atoms with E-state index in [1.807, 2.05) is 13.8 Å². The topological polar surface area (TPSA) is 54.9 Å².